The van der Waals surface area contributed by atoms with E-state index in [4.69, 9.17) is 0 Å². The predicted molar refractivity (Wildman–Crippen MR) is 71.8 cm³/mol. The van der Waals surface area contributed by atoms with E-state index in [1.54, 1.807) is 0 Å². The molecule has 0 aliphatic carbocycles. The highest BCUT2D eigenvalue weighted by Gasteiger charge is 2.30. The number of rotatable bonds is 4. The van der Waals surface area contributed by atoms with Gasteiger partial charge in [-0.1, -0.05) is 36.7 Å². The standard InChI is InChI=1S/C13H24BrNO/c1-13(2,3)10-12(16)15-9-5-7-11(15)6-4-8-14/h11H,4-10H2,1-3H3. The molecule has 0 aromatic heterocycles. The van der Waals surface area contributed by atoms with Gasteiger partial charge >= 0.3 is 0 Å². The minimum Gasteiger partial charge on any atom is -0.340 e. The van der Waals surface area contributed by atoms with Crippen molar-refractivity contribution in [2.24, 2.45) is 5.41 Å². The highest BCUT2D eigenvalue weighted by atomic mass is 79.9. The average molecular weight is 290 g/mol. The first-order valence-corrected chi connectivity index (χ1v) is 7.41. The normalized spacial score (nSPS) is 21.5. The fourth-order valence-electron chi connectivity index (χ4n) is 2.33. The third-order valence-corrected chi connectivity index (χ3v) is 3.61. The second-order valence-electron chi connectivity index (χ2n) is 5.95. The molecule has 0 aromatic rings. The first-order chi connectivity index (χ1) is 7.44. The highest BCUT2D eigenvalue weighted by Crippen LogP contribution is 2.26. The van der Waals surface area contributed by atoms with E-state index in [0.717, 1.165) is 18.3 Å². The Morgan fingerprint density at radius 3 is 2.69 bits per heavy atom. The van der Waals surface area contributed by atoms with Gasteiger partial charge in [0.25, 0.3) is 0 Å². The number of carbonyl (C=O) groups excluding carboxylic acids is 1. The Bertz CT molecular complexity index is 235. The summed E-state index contributed by atoms with van der Waals surface area (Å²) in [6.45, 7) is 7.37. The van der Waals surface area contributed by atoms with Crippen LogP contribution in [0.2, 0.25) is 0 Å². The number of nitrogens with zero attached hydrogens (tertiary/aromatic N) is 1. The zero-order valence-corrected chi connectivity index (χ0v) is 12.3. The number of carbonyl (C=O) groups is 1. The average Bonchev–Trinajstić information content (AvgIpc) is 2.59. The van der Waals surface area contributed by atoms with Crippen LogP contribution in [0.5, 0.6) is 0 Å². The first kappa shape index (κ1) is 14.0. The van der Waals surface area contributed by atoms with Crippen molar-refractivity contribution in [2.75, 3.05) is 11.9 Å². The van der Waals surface area contributed by atoms with Crippen molar-refractivity contribution in [3.63, 3.8) is 0 Å². The van der Waals surface area contributed by atoms with Crippen molar-refractivity contribution in [3.8, 4) is 0 Å². The smallest absolute Gasteiger partial charge is 0.223 e. The molecule has 94 valence electrons. The Labute approximate surface area is 108 Å². The number of amides is 1. The van der Waals surface area contributed by atoms with Gasteiger partial charge in [0, 0.05) is 24.3 Å². The molecule has 1 aliphatic rings. The largest absolute Gasteiger partial charge is 0.340 e. The van der Waals surface area contributed by atoms with E-state index in [-0.39, 0.29) is 5.41 Å². The van der Waals surface area contributed by atoms with Gasteiger partial charge in [0.1, 0.15) is 0 Å². The molecular weight excluding hydrogens is 266 g/mol. The van der Waals surface area contributed by atoms with Crippen molar-refractivity contribution >= 4 is 21.8 Å². The van der Waals surface area contributed by atoms with Gasteiger partial charge in [-0.3, -0.25) is 4.79 Å². The van der Waals surface area contributed by atoms with Crippen molar-refractivity contribution in [2.45, 2.75) is 58.9 Å². The van der Waals surface area contributed by atoms with Gasteiger partial charge in [0.15, 0.2) is 0 Å². The van der Waals surface area contributed by atoms with Crippen LogP contribution in [-0.4, -0.2) is 28.7 Å². The molecule has 0 radical (unpaired) electrons. The molecule has 1 saturated heterocycles. The molecule has 0 aromatic carbocycles. The molecule has 1 unspecified atom stereocenters. The molecule has 2 nitrogen and oxygen atoms in total. The highest BCUT2D eigenvalue weighted by molar-refractivity contribution is 9.09. The van der Waals surface area contributed by atoms with E-state index < -0.39 is 0 Å². The van der Waals surface area contributed by atoms with Crippen LogP contribution in [0.3, 0.4) is 0 Å². The van der Waals surface area contributed by atoms with Crippen LogP contribution in [0.4, 0.5) is 0 Å². The van der Waals surface area contributed by atoms with E-state index in [1.807, 2.05) is 0 Å². The van der Waals surface area contributed by atoms with Crippen LogP contribution < -0.4 is 0 Å². The molecule has 0 bridgehead atoms. The van der Waals surface area contributed by atoms with Gasteiger partial charge in [0.2, 0.25) is 5.91 Å². The minimum absolute atomic E-state index is 0.111. The molecule has 1 heterocycles. The van der Waals surface area contributed by atoms with Gasteiger partial charge in [-0.15, -0.1) is 0 Å². The lowest BCUT2D eigenvalue weighted by Crippen LogP contribution is -2.37. The van der Waals surface area contributed by atoms with Crippen molar-refractivity contribution < 1.29 is 4.79 Å². The number of hydrogen-bond acceptors (Lipinski definition) is 1. The Balaban J connectivity index is 2.47. The van der Waals surface area contributed by atoms with Crippen LogP contribution in [0, 0.1) is 5.41 Å². The van der Waals surface area contributed by atoms with Crippen LogP contribution in [0.25, 0.3) is 0 Å². The lowest BCUT2D eigenvalue weighted by Gasteiger charge is -2.28. The molecule has 0 saturated carbocycles. The van der Waals surface area contributed by atoms with Gasteiger partial charge in [-0.2, -0.15) is 0 Å². The Morgan fingerprint density at radius 2 is 2.12 bits per heavy atom. The monoisotopic (exact) mass is 289 g/mol. The maximum absolute atomic E-state index is 12.1. The molecule has 0 spiro atoms. The molecule has 1 fully saturated rings. The van der Waals surface area contributed by atoms with E-state index >= 15 is 0 Å². The van der Waals surface area contributed by atoms with Crippen LogP contribution in [-0.2, 0) is 4.79 Å². The Hall–Kier alpha value is -0.0500. The molecule has 1 rings (SSSR count). The fraction of sp³-hybridized carbons (Fsp3) is 0.923. The van der Waals surface area contributed by atoms with Gasteiger partial charge in [-0.25, -0.2) is 0 Å². The van der Waals surface area contributed by atoms with Crippen LogP contribution in [0.15, 0.2) is 0 Å². The summed E-state index contributed by atoms with van der Waals surface area (Å²) < 4.78 is 0. The third kappa shape index (κ3) is 4.44. The summed E-state index contributed by atoms with van der Waals surface area (Å²) >= 11 is 3.46. The Kier molecular flexibility index (Phi) is 5.29. The minimum atomic E-state index is 0.111. The zero-order chi connectivity index (χ0) is 12.2. The van der Waals surface area contributed by atoms with E-state index in [2.05, 4.69) is 41.6 Å². The number of likely N-dealkylation sites (tertiary alicyclic amines) is 1. The third-order valence-electron chi connectivity index (χ3n) is 3.05. The molecule has 16 heavy (non-hydrogen) atoms. The lowest BCUT2D eigenvalue weighted by molar-refractivity contribution is -0.134. The molecule has 1 amide bonds. The summed E-state index contributed by atoms with van der Waals surface area (Å²) in [7, 11) is 0. The molecule has 0 N–H and O–H groups in total. The summed E-state index contributed by atoms with van der Waals surface area (Å²) in [6, 6.07) is 0.507. The predicted octanol–water partition coefficient (Wildman–Crippen LogP) is 3.59. The van der Waals surface area contributed by atoms with E-state index in [0.29, 0.717) is 18.4 Å². The topological polar surface area (TPSA) is 20.3 Å². The maximum atomic E-state index is 12.1. The summed E-state index contributed by atoms with van der Waals surface area (Å²) in [6.07, 6.45) is 5.38. The number of alkyl halides is 1. The molecular formula is C13H24BrNO. The van der Waals surface area contributed by atoms with Gasteiger partial charge in [-0.05, 0) is 31.1 Å². The van der Waals surface area contributed by atoms with E-state index in [1.165, 1.54) is 19.3 Å². The summed E-state index contributed by atoms with van der Waals surface area (Å²) in [5, 5.41) is 1.05. The quantitative estimate of drug-likeness (QED) is 0.725. The van der Waals surface area contributed by atoms with Crippen LogP contribution in [0.1, 0.15) is 52.9 Å². The first-order valence-electron chi connectivity index (χ1n) is 6.29. The summed E-state index contributed by atoms with van der Waals surface area (Å²) in [4.78, 5) is 14.3. The second kappa shape index (κ2) is 6.04. The molecule has 1 atom stereocenters. The van der Waals surface area contributed by atoms with Crippen molar-refractivity contribution in [3.05, 3.63) is 0 Å². The lowest BCUT2D eigenvalue weighted by atomic mass is 9.91. The zero-order valence-electron chi connectivity index (χ0n) is 10.8. The van der Waals surface area contributed by atoms with Gasteiger partial charge in [0.05, 0.1) is 0 Å². The molecule has 3 heteroatoms. The second-order valence-corrected chi connectivity index (χ2v) is 6.74. The Morgan fingerprint density at radius 1 is 1.44 bits per heavy atom. The van der Waals surface area contributed by atoms with Crippen LogP contribution >= 0.6 is 15.9 Å². The van der Waals surface area contributed by atoms with E-state index in [9.17, 15) is 4.79 Å². The summed E-state index contributed by atoms with van der Waals surface area (Å²) in [5.74, 6) is 0.351. The number of hydrogen-bond donors (Lipinski definition) is 0. The SMILES string of the molecule is CC(C)(C)CC(=O)N1CCCC1CCCBr. The number of halogens is 1. The van der Waals surface area contributed by atoms with Crippen molar-refractivity contribution in [1.82, 2.24) is 4.90 Å². The molecule has 1 aliphatic heterocycles. The summed E-state index contributed by atoms with van der Waals surface area (Å²) in [5.41, 5.74) is 0.111. The fourth-order valence-corrected chi connectivity index (χ4v) is 2.66. The van der Waals surface area contributed by atoms with Crippen molar-refractivity contribution in [1.29, 1.82) is 0 Å². The maximum Gasteiger partial charge on any atom is 0.223 e. The van der Waals surface area contributed by atoms with Gasteiger partial charge < -0.3 is 4.90 Å².